The highest BCUT2D eigenvalue weighted by Gasteiger charge is 2.14. The Morgan fingerprint density at radius 3 is 2.87 bits per heavy atom. The Balaban J connectivity index is 2.96. The Hall–Kier alpha value is -0.990. The van der Waals surface area contributed by atoms with Gasteiger partial charge in [0.2, 0.25) is 0 Å². The van der Waals surface area contributed by atoms with Crippen molar-refractivity contribution in [2.75, 3.05) is 0 Å². The summed E-state index contributed by atoms with van der Waals surface area (Å²) in [7, 11) is 0. The molecule has 3 nitrogen and oxygen atoms in total. The molecule has 0 saturated heterocycles. The van der Waals surface area contributed by atoms with Crippen LogP contribution in [-0.4, -0.2) is 16.3 Å². The molecule has 0 amide bonds. The second-order valence-corrected chi connectivity index (χ2v) is 5.15. The third-order valence-electron chi connectivity index (χ3n) is 1.71. The van der Waals surface area contributed by atoms with E-state index in [9.17, 15) is 4.79 Å². The third kappa shape index (κ3) is 3.26. The van der Waals surface area contributed by atoms with E-state index in [1.807, 2.05) is 6.07 Å². The zero-order valence-electron chi connectivity index (χ0n) is 7.90. The zero-order chi connectivity index (χ0) is 11.4. The summed E-state index contributed by atoms with van der Waals surface area (Å²) in [4.78, 5) is 11.3. The van der Waals surface area contributed by atoms with Crippen LogP contribution in [0.15, 0.2) is 27.6 Å². The first-order valence-corrected chi connectivity index (χ1v) is 5.81. The molecule has 1 aromatic rings. The lowest BCUT2D eigenvalue weighted by Gasteiger charge is -2.07. The summed E-state index contributed by atoms with van der Waals surface area (Å²) in [5.41, 5.74) is 0.488. The molecule has 0 radical (unpaired) electrons. The molecule has 1 atom stereocenters. The van der Waals surface area contributed by atoms with Gasteiger partial charge in [-0.3, -0.25) is 4.79 Å². The van der Waals surface area contributed by atoms with Gasteiger partial charge in [0.05, 0.1) is 5.56 Å². The zero-order valence-corrected chi connectivity index (χ0v) is 10.3. The topological polar surface area (TPSA) is 61.1 Å². The molecule has 0 aliphatic rings. The van der Waals surface area contributed by atoms with Gasteiger partial charge in [-0.25, -0.2) is 0 Å². The summed E-state index contributed by atoms with van der Waals surface area (Å²) in [5.74, 6) is -0.883. The average Bonchev–Trinajstić information content (AvgIpc) is 2.20. The fraction of sp³-hybridized carbons (Fsp3) is 0.200. The molecular weight excluding hydrogens is 278 g/mol. The molecule has 0 aromatic heterocycles. The van der Waals surface area contributed by atoms with E-state index in [2.05, 4.69) is 15.9 Å². The Kier molecular flexibility index (Phi) is 4.18. The van der Waals surface area contributed by atoms with E-state index in [0.29, 0.717) is 10.5 Å². The van der Waals surface area contributed by atoms with E-state index < -0.39 is 11.2 Å². The summed E-state index contributed by atoms with van der Waals surface area (Å²) in [6.45, 7) is 1.59. The van der Waals surface area contributed by atoms with Crippen molar-refractivity contribution in [1.82, 2.24) is 0 Å². The van der Waals surface area contributed by atoms with Crippen LogP contribution in [0.4, 0.5) is 0 Å². The van der Waals surface area contributed by atoms with Gasteiger partial charge in [-0.1, -0.05) is 15.9 Å². The highest BCUT2D eigenvalue weighted by atomic mass is 79.9. The molecule has 0 aliphatic carbocycles. The van der Waals surface area contributed by atoms with Crippen LogP contribution in [0.3, 0.4) is 0 Å². The first-order valence-electron chi connectivity index (χ1n) is 4.13. The lowest BCUT2D eigenvalue weighted by Crippen LogP contribution is -2.11. The molecule has 0 saturated carbocycles. The summed E-state index contributed by atoms with van der Waals surface area (Å²) < 4.78 is 0.811. The van der Waals surface area contributed by atoms with E-state index in [1.54, 1.807) is 25.1 Å². The predicted octanol–water partition coefficient (Wildman–Crippen LogP) is 2.89. The van der Waals surface area contributed by atoms with Crippen LogP contribution in [0.5, 0.6) is 0 Å². The Morgan fingerprint density at radius 1 is 1.67 bits per heavy atom. The summed E-state index contributed by atoms with van der Waals surface area (Å²) in [5, 5.41) is 17.1. The number of benzene rings is 1. The van der Waals surface area contributed by atoms with Crippen molar-refractivity contribution < 1.29 is 9.90 Å². The average molecular weight is 286 g/mol. The van der Waals surface area contributed by atoms with Crippen molar-refractivity contribution >= 4 is 33.7 Å². The standard InChI is InChI=1S/C10H8BrNO2S/c1-6(10(13)14)15-9-3-2-8(11)4-7(9)5-12/h2-4,6H,1H3,(H,13,14). The number of aliphatic carboxylic acids is 1. The number of rotatable bonds is 3. The fourth-order valence-electron chi connectivity index (χ4n) is 0.933. The quantitative estimate of drug-likeness (QED) is 0.868. The molecule has 5 heteroatoms. The first kappa shape index (κ1) is 12.1. The van der Waals surface area contributed by atoms with Gasteiger partial charge in [0.25, 0.3) is 0 Å². The number of nitrogens with zero attached hydrogens (tertiary/aromatic N) is 1. The van der Waals surface area contributed by atoms with Gasteiger partial charge in [0.1, 0.15) is 11.3 Å². The maximum atomic E-state index is 10.7. The van der Waals surface area contributed by atoms with Gasteiger partial charge in [-0.2, -0.15) is 5.26 Å². The Labute approximate surface area is 100 Å². The monoisotopic (exact) mass is 285 g/mol. The maximum Gasteiger partial charge on any atom is 0.316 e. The van der Waals surface area contributed by atoms with Gasteiger partial charge in [-0.05, 0) is 25.1 Å². The number of carbonyl (C=O) groups is 1. The van der Waals surface area contributed by atoms with Crippen molar-refractivity contribution in [2.24, 2.45) is 0 Å². The largest absolute Gasteiger partial charge is 0.480 e. The van der Waals surface area contributed by atoms with Crippen LogP contribution >= 0.6 is 27.7 Å². The highest BCUT2D eigenvalue weighted by molar-refractivity contribution is 9.10. The van der Waals surface area contributed by atoms with Crippen molar-refractivity contribution in [3.63, 3.8) is 0 Å². The lowest BCUT2D eigenvalue weighted by molar-refractivity contribution is -0.136. The number of hydrogen-bond acceptors (Lipinski definition) is 3. The van der Waals surface area contributed by atoms with Crippen LogP contribution in [0, 0.1) is 11.3 Å². The molecule has 15 heavy (non-hydrogen) atoms. The van der Waals surface area contributed by atoms with Crippen LogP contribution in [-0.2, 0) is 4.79 Å². The Morgan fingerprint density at radius 2 is 2.33 bits per heavy atom. The van der Waals surface area contributed by atoms with Crippen molar-refractivity contribution in [3.05, 3.63) is 28.2 Å². The molecular formula is C10H8BrNO2S. The Bertz CT molecular complexity index is 428. The van der Waals surface area contributed by atoms with Gasteiger partial charge < -0.3 is 5.11 Å². The third-order valence-corrected chi connectivity index (χ3v) is 3.37. The number of halogens is 1. The van der Waals surface area contributed by atoms with E-state index in [-0.39, 0.29) is 0 Å². The number of carboxylic acid groups (broad SMARTS) is 1. The number of nitriles is 1. The van der Waals surface area contributed by atoms with E-state index in [4.69, 9.17) is 10.4 Å². The molecule has 0 fully saturated rings. The summed E-state index contributed by atoms with van der Waals surface area (Å²) >= 11 is 4.42. The van der Waals surface area contributed by atoms with Crippen molar-refractivity contribution in [1.29, 1.82) is 5.26 Å². The smallest absolute Gasteiger partial charge is 0.316 e. The van der Waals surface area contributed by atoms with E-state index >= 15 is 0 Å². The normalized spacial score (nSPS) is 11.8. The maximum absolute atomic E-state index is 10.7. The van der Waals surface area contributed by atoms with Gasteiger partial charge in [-0.15, -0.1) is 11.8 Å². The minimum absolute atomic E-state index is 0.488. The number of hydrogen-bond donors (Lipinski definition) is 1. The number of thioether (sulfide) groups is 1. The molecule has 78 valence electrons. The van der Waals surface area contributed by atoms with Crippen molar-refractivity contribution in [2.45, 2.75) is 17.1 Å². The van der Waals surface area contributed by atoms with Gasteiger partial charge >= 0.3 is 5.97 Å². The first-order chi connectivity index (χ1) is 7.04. The van der Waals surface area contributed by atoms with Gasteiger partial charge in [0.15, 0.2) is 0 Å². The second kappa shape index (κ2) is 5.19. The van der Waals surface area contributed by atoms with Crippen LogP contribution in [0.1, 0.15) is 12.5 Å². The molecule has 0 spiro atoms. The highest BCUT2D eigenvalue weighted by Crippen LogP contribution is 2.28. The van der Waals surface area contributed by atoms with Gasteiger partial charge in [0, 0.05) is 9.37 Å². The molecule has 1 aromatic carbocycles. The second-order valence-electron chi connectivity index (χ2n) is 2.85. The van der Waals surface area contributed by atoms with Crippen LogP contribution < -0.4 is 0 Å². The van der Waals surface area contributed by atoms with Crippen LogP contribution in [0.2, 0.25) is 0 Å². The molecule has 0 bridgehead atoms. The van der Waals surface area contributed by atoms with E-state index in [0.717, 1.165) is 4.47 Å². The molecule has 0 aliphatic heterocycles. The fourth-order valence-corrected chi connectivity index (χ4v) is 2.15. The molecule has 1 rings (SSSR count). The predicted molar refractivity (Wildman–Crippen MR) is 61.8 cm³/mol. The molecule has 1 unspecified atom stereocenters. The minimum Gasteiger partial charge on any atom is -0.480 e. The molecule has 1 N–H and O–H groups in total. The summed E-state index contributed by atoms with van der Waals surface area (Å²) in [6, 6.07) is 7.25. The van der Waals surface area contributed by atoms with Crippen LogP contribution in [0.25, 0.3) is 0 Å². The minimum atomic E-state index is -0.883. The van der Waals surface area contributed by atoms with Crippen molar-refractivity contribution in [3.8, 4) is 6.07 Å². The lowest BCUT2D eigenvalue weighted by atomic mass is 10.2. The SMILES string of the molecule is CC(Sc1ccc(Br)cc1C#N)C(=O)O. The van der Waals surface area contributed by atoms with E-state index in [1.165, 1.54) is 11.8 Å². The molecule has 0 heterocycles. The number of carboxylic acids is 1. The summed E-state index contributed by atoms with van der Waals surface area (Å²) in [6.07, 6.45) is 0.